The van der Waals surface area contributed by atoms with Crippen LogP contribution in [0.15, 0.2) is 23.1 Å². The van der Waals surface area contributed by atoms with Crippen LogP contribution >= 0.6 is 0 Å². The van der Waals surface area contributed by atoms with Crippen LogP contribution in [-0.2, 0) is 21.3 Å². The van der Waals surface area contributed by atoms with Gasteiger partial charge in [0, 0.05) is 31.8 Å². The third-order valence-corrected chi connectivity index (χ3v) is 4.78. The van der Waals surface area contributed by atoms with Gasteiger partial charge < -0.3 is 14.8 Å². The van der Waals surface area contributed by atoms with Crippen LogP contribution in [0, 0.1) is 0 Å². The van der Waals surface area contributed by atoms with Gasteiger partial charge in [-0.25, -0.2) is 13.1 Å². The molecule has 0 atom stereocenters. The van der Waals surface area contributed by atoms with Gasteiger partial charge in [-0.3, -0.25) is 0 Å². The van der Waals surface area contributed by atoms with Crippen molar-refractivity contribution >= 4 is 10.0 Å². The lowest BCUT2D eigenvalue weighted by Crippen LogP contribution is -2.27. The molecule has 0 radical (unpaired) electrons. The maximum Gasteiger partial charge on any atom is 0.240 e. The zero-order chi connectivity index (χ0) is 15.3. The lowest BCUT2D eigenvalue weighted by atomic mass is 10.2. The predicted molar refractivity (Wildman–Crippen MR) is 79.9 cm³/mol. The fraction of sp³-hybridized carbons (Fsp3) is 0.571. The Morgan fingerprint density at radius 2 is 2.05 bits per heavy atom. The summed E-state index contributed by atoms with van der Waals surface area (Å²) in [6.45, 7) is 1.20. The molecule has 1 saturated carbocycles. The lowest BCUT2D eigenvalue weighted by molar-refractivity contribution is 0.204. The first-order chi connectivity index (χ1) is 10.1. The molecule has 0 aromatic heterocycles. The summed E-state index contributed by atoms with van der Waals surface area (Å²) in [5.41, 5.74) is 0.846. The molecule has 0 unspecified atom stereocenters. The van der Waals surface area contributed by atoms with E-state index in [0.29, 0.717) is 24.9 Å². The first-order valence-corrected chi connectivity index (χ1v) is 8.44. The molecule has 0 spiro atoms. The zero-order valence-electron chi connectivity index (χ0n) is 12.4. The number of methoxy groups -OCH3 is 2. The summed E-state index contributed by atoms with van der Waals surface area (Å²) in [6.07, 6.45) is 2.36. The van der Waals surface area contributed by atoms with Gasteiger partial charge in [0.25, 0.3) is 0 Å². The molecule has 7 heteroatoms. The predicted octanol–water partition coefficient (Wildman–Crippen LogP) is 0.872. The van der Waals surface area contributed by atoms with Gasteiger partial charge in [0.1, 0.15) is 5.75 Å². The van der Waals surface area contributed by atoms with E-state index in [1.807, 2.05) is 0 Å². The van der Waals surface area contributed by atoms with E-state index in [-0.39, 0.29) is 11.4 Å². The highest BCUT2D eigenvalue weighted by atomic mass is 32.2. The molecule has 0 bridgehead atoms. The molecule has 1 aliphatic carbocycles. The van der Waals surface area contributed by atoms with Crippen LogP contribution in [-0.4, -0.2) is 41.8 Å². The van der Waals surface area contributed by atoms with Crippen LogP contribution in [0.25, 0.3) is 0 Å². The van der Waals surface area contributed by atoms with Crippen molar-refractivity contribution < 1.29 is 17.9 Å². The first kappa shape index (κ1) is 16.2. The summed E-state index contributed by atoms with van der Waals surface area (Å²) in [7, 11) is -0.401. The van der Waals surface area contributed by atoms with Gasteiger partial charge in [-0.1, -0.05) is 0 Å². The van der Waals surface area contributed by atoms with Crippen molar-refractivity contribution in [2.75, 3.05) is 27.4 Å². The van der Waals surface area contributed by atoms with E-state index in [4.69, 9.17) is 9.47 Å². The average Bonchev–Trinajstić information content (AvgIpc) is 3.29. The van der Waals surface area contributed by atoms with E-state index in [1.54, 1.807) is 25.3 Å². The Hall–Kier alpha value is -1.15. The minimum Gasteiger partial charge on any atom is -0.496 e. The van der Waals surface area contributed by atoms with Crippen molar-refractivity contribution in [3.05, 3.63) is 23.8 Å². The highest BCUT2D eigenvalue weighted by Gasteiger charge is 2.21. The van der Waals surface area contributed by atoms with Crippen molar-refractivity contribution in [3.63, 3.8) is 0 Å². The number of nitrogens with one attached hydrogen (secondary N) is 2. The van der Waals surface area contributed by atoms with Crippen LogP contribution in [0.4, 0.5) is 0 Å². The molecule has 6 nitrogen and oxygen atoms in total. The van der Waals surface area contributed by atoms with E-state index in [1.165, 1.54) is 20.0 Å². The molecule has 1 aromatic carbocycles. The van der Waals surface area contributed by atoms with E-state index in [9.17, 15) is 8.42 Å². The fourth-order valence-corrected chi connectivity index (χ4v) is 3.03. The topological polar surface area (TPSA) is 76.7 Å². The summed E-state index contributed by atoms with van der Waals surface area (Å²) >= 11 is 0. The van der Waals surface area contributed by atoms with Crippen LogP contribution < -0.4 is 14.8 Å². The summed E-state index contributed by atoms with van der Waals surface area (Å²) in [6, 6.07) is 5.45. The molecular formula is C14H22N2O4S. The average molecular weight is 314 g/mol. The highest BCUT2D eigenvalue weighted by Crippen LogP contribution is 2.25. The van der Waals surface area contributed by atoms with Crippen molar-refractivity contribution in [1.29, 1.82) is 0 Å². The zero-order valence-corrected chi connectivity index (χ0v) is 13.2. The van der Waals surface area contributed by atoms with Gasteiger partial charge >= 0.3 is 0 Å². The monoisotopic (exact) mass is 314 g/mol. The van der Waals surface area contributed by atoms with Crippen LogP contribution in [0.2, 0.25) is 0 Å². The maximum absolute atomic E-state index is 12.2. The third kappa shape index (κ3) is 4.67. The van der Waals surface area contributed by atoms with Gasteiger partial charge in [-0.05, 0) is 31.0 Å². The molecule has 2 N–H and O–H groups in total. The number of sulfonamides is 1. The van der Waals surface area contributed by atoms with Crippen molar-refractivity contribution in [3.8, 4) is 5.75 Å². The number of rotatable bonds is 9. The third-order valence-electron chi connectivity index (χ3n) is 3.32. The SMILES string of the molecule is COCCNS(=O)(=O)c1ccc(OC)c(CNC2CC2)c1. The van der Waals surface area contributed by atoms with Crippen molar-refractivity contribution in [2.45, 2.75) is 30.3 Å². The molecule has 1 aliphatic rings. The summed E-state index contributed by atoms with van der Waals surface area (Å²) in [5.74, 6) is 0.694. The highest BCUT2D eigenvalue weighted by molar-refractivity contribution is 7.89. The molecule has 2 rings (SSSR count). The minimum absolute atomic E-state index is 0.243. The second-order valence-corrected chi connectivity index (χ2v) is 6.79. The van der Waals surface area contributed by atoms with Gasteiger partial charge in [0.05, 0.1) is 18.6 Å². The second-order valence-electron chi connectivity index (χ2n) is 5.02. The molecular weight excluding hydrogens is 292 g/mol. The molecule has 118 valence electrons. The van der Waals surface area contributed by atoms with E-state index in [2.05, 4.69) is 10.0 Å². The lowest BCUT2D eigenvalue weighted by Gasteiger charge is -2.12. The Morgan fingerprint density at radius 3 is 2.67 bits per heavy atom. The molecule has 1 aromatic rings. The number of hydrogen-bond donors (Lipinski definition) is 2. The molecule has 0 amide bonds. The van der Waals surface area contributed by atoms with Crippen LogP contribution in [0.1, 0.15) is 18.4 Å². The Bertz CT molecular complexity index is 570. The smallest absolute Gasteiger partial charge is 0.240 e. The number of ether oxygens (including phenoxy) is 2. The molecule has 21 heavy (non-hydrogen) atoms. The number of hydrogen-bond acceptors (Lipinski definition) is 5. The van der Waals surface area contributed by atoms with Crippen molar-refractivity contribution in [1.82, 2.24) is 10.0 Å². The van der Waals surface area contributed by atoms with E-state index >= 15 is 0 Å². The van der Waals surface area contributed by atoms with Gasteiger partial charge in [0.15, 0.2) is 0 Å². The van der Waals surface area contributed by atoms with Crippen molar-refractivity contribution in [2.24, 2.45) is 0 Å². The van der Waals surface area contributed by atoms with Crippen LogP contribution in [0.5, 0.6) is 5.75 Å². The quantitative estimate of drug-likeness (QED) is 0.662. The molecule has 0 aliphatic heterocycles. The number of benzene rings is 1. The molecule has 0 heterocycles. The summed E-state index contributed by atoms with van der Waals surface area (Å²) < 4.78 is 37.0. The van der Waals surface area contributed by atoms with E-state index < -0.39 is 10.0 Å². The Labute approximate surface area is 125 Å². The summed E-state index contributed by atoms with van der Waals surface area (Å²) in [4.78, 5) is 0.243. The second kappa shape index (κ2) is 7.22. The van der Waals surface area contributed by atoms with Crippen LogP contribution in [0.3, 0.4) is 0 Å². The van der Waals surface area contributed by atoms with Gasteiger partial charge in [-0.2, -0.15) is 0 Å². The summed E-state index contributed by atoms with van der Waals surface area (Å²) in [5, 5.41) is 3.36. The molecule has 0 saturated heterocycles. The maximum atomic E-state index is 12.2. The standard InChI is InChI=1S/C14H22N2O4S/c1-19-8-7-16-21(17,18)13-5-6-14(20-2)11(9-13)10-15-12-3-4-12/h5-6,9,12,15-16H,3-4,7-8,10H2,1-2H3. The van der Waals surface area contributed by atoms with Gasteiger partial charge in [0.2, 0.25) is 10.0 Å². The Morgan fingerprint density at radius 1 is 1.29 bits per heavy atom. The Kier molecular flexibility index (Phi) is 5.58. The minimum atomic E-state index is -3.52. The van der Waals surface area contributed by atoms with Gasteiger partial charge in [-0.15, -0.1) is 0 Å². The fourth-order valence-electron chi connectivity index (χ4n) is 1.96. The largest absolute Gasteiger partial charge is 0.496 e. The van der Waals surface area contributed by atoms with E-state index in [0.717, 1.165) is 5.56 Å². The molecule has 1 fully saturated rings. The normalized spacial score (nSPS) is 15.1. The first-order valence-electron chi connectivity index (χ1n) is 6.95. The Balaban J connectivity index is 2.12.